The number of Topliss-reactive ketones (excluding diaryl/α,β-unsaturated/α-hetero) is 4. The molecule has 224 valence electrons. The van der Waals surface area contributed by atoms with Gasteiger partial charge < -0.3 is 20.1 Å². The zero-order valence-corrected chi connectivity index (χ0v) is 25.0. The van der Waals surface area contributed by atoms with E-state index in [4.69, 9.17) is 4.74 Å². The Labute approximate surface area is 253 Å². The van der Waals surface area contributed by atoms with Crippen LogP contribution < -0.4 is 4.74 Å². The number of aldehydes is 1. The lowest BCUT2D eigenvalue weighted by Gasteiger charge is -2.29. The second-order valence-corrected chi connectivity index (χ2v) is 11.5. The lowest BCUT2D eigenvalue weighted by atomic mass is 9.71. The molecule has 0 bridgehead atoms. The number of fused-ring (bicyclic) bond motifs is 2. The third-order valence-corrected chi connectivity index (χ3v) is 8.12. The van der Waals surface area contributed by atoms with Gasteiger partial charge in [-0.1, -0.05) is 45.9 Å². The lowest BCUT2D eigenvalue weighted by Crippen LogP contribution is -2.31. The quantitative estimate of drug-likeness (QED) is 0.208. The fourth-order valence-electron chi connectivity index (χ4n) is 6.07. The zero-order valence-electron chi connectivity index (χ0n) is 25.0. The van der Waals surface area contributed by atoms with Gasteiger partial charge in [0.2, 0.25) is 0 Å². The van der Waals surface area contributed by atoms with Crippen LogP contribution >= 0.6 is 0 Å². The fraction of sp³-hybridized carbons (Fsp3) is 0.229. The third-order valence-electron chi connectivity index (χ3n) is 8.12. The molecule has 3 aromatic rings. The van der Waals surface area contributed by atoms with Crippen LogP contribution in [-0.4, -0.2) is 44.7 Å². The summed E-state index contributed by atoms with van der Waals surface area (Å²) in [6, 6.07) is 9.74. The van der Waals surface area contributed by atoms with Crippen molar-refractivity contribution in [2.75, 3.05) is 0 Å². The summed E-state index contributed by atoms with van der Waals surface area (Å²) in [5, 5.41) is 32.4. The zero-order chi connectivity index (χ0) is 32.4. The standard InChI is InChI=1S/C35H30O9/c1-14(2)22-28-27(20(13-36)32(41)34(22)43)33(42)25(17(6)30(28)39)24-16(5)29(38)26-19(31(24)40)12-21(37)35(23(26)15(3)4)44-18-10-8-7-9-11-18/h7-15,37,41,43H,1-6H3. The molecular formula is C35H30O9. The number of phenolic OH excluding ortho intramolecular Hbond substituents is 3. The molecule has 0 unspecified atom stereocenters. The summed E-state index contributed by atoms with van der Waals surface area (Å²) in [6.45, 7) is 9.54. The van der Waals surface area contributed by atoms with E-state index in [1.54, 1.807) is 58.0 Å². The highest BCUT2D eigenvalue weighted by Gasteiger charge is 2.44. The topological polar surface area (TPSA) is 155 Å². The first-order chi connectivity index (χ1) is 20.7. The molecule has 44 heavy (non-hydrogen) atoms. The Morgan fingerprint density at radius 2 is 1.23 bits per heavy atom. The largest absolute Gasteiger partial charge is 0.504 e. The molecule has 0 atom stereocenters. The summed E-state index contributed by atoms with van der Waals surface area (Å²) >= 11 is 0. The molecule has 0 saturated heterocycles. The normalized spacial score (nSPS) is 14.9. The number of aromatic hydroxyl groups is 3. The van der Waals surface area contributed by atoms with Gasteiger partial charge >= 0.3 is 0 Å². The van der Waals surface area contributed by atoms with Crippen molar-refractivity contribution >= 4 is 29.4 Å². The highest BCUT2D eigenvalue weighted by molar-refractivity contribution is 6.38. The van der Waals surface area contributed by atoms with Gasteiger partial charge in [0.25, 0.3) is 0 Å². The molecule has 0 amide bonds. The molecule has 9 nitrogen and oxygen atoms in total. The van der Waals surface area contributed by atoms with Crippen molar-refractivity contribution in [3.8, 4) is 28.7 Å². The number of allylic oxidation sites excluding steroid dienone is 4. The summed E-state index contributed by atoms with van der Waals surface area (Å²) in [5.41, 5.74) is -2.16. The number of ketones is 4. The molecule has 0 radical (unpaired) electrons. The Balaban J connectivity index is 1.76. The van der Waals surface area contributed by atoms with Crippen LogP contribution in [0.4, 0.5) is 0 Å². The molecule has 0 heterocycles. The maximum absolute atomic E-state index is 14.2. The number of benzene rings is 3. The minimum Gasteiger partial charge on any atom is -0.504 e. The summed E-state index contributed by atoms with van der Waals surface area (Å²) in [4.78, 5) is 68.4. The number of carbonyl (C=O) groups excluding carboxylic acids is 5. The van der Waals surface area contributed by atoms with Crippen LogP contribution in [0, 0.1) is 0 Å². The first kappa shape index (κ1) is 30.2. The van der Waals surface area contributed by atoms with Crippen molar-refractivity contribution in [1.29, 1.82) is 0 Å². The molecule has 3 N–H and O–H groups in total. The highest BCUT2D eigenvalue weighted by atomic mass is 16.5. The predicted octanol–water partition coefficient (Wildman–Crippen LogP) is 6.75. The molecule has 0 fully saturated rings. The van der Waals surface area contributed by atoms with E-state index in [-0.39, 0.29) is 62.5 Å². The van der Waals surface area contributed by atoms with Gasteiger partial charge in [-0.15, -0.1) is 0 Å². The maximum Gasteiger partial charge on any atom is 0.195 e. The number of ether oxygens (including phenoxy) is 1. The second kappa shape index (κ2) is 10.8. The average Bonchev–Trinajstić information content (AvgIpc) is 2.98. The molecule has 2 aliphatic rings. The number of hydrogen-bond donors (Lipinski definition) is 3. The van der Waals surface area contributed by atoms with E-state index in [2.05, 4.69) is 0 Å². The molecule has 0 aliphatic heterocycles. The molecule has 9 heteroatoms. The van der Waals surface area contributed by atoms with Gasteiger partial charge in [-0.05, 0) is 43.9 Å². The number of rotatable bonds is 6. The first-order valence-electron chi connectivity index (χ1n) is 14.0. The van der Waals surface area contributed by atoms with Crippen molar-refractivity contribution < 1.29 is 44.0 Å². The molecule has 0 saturated carbocycles. The van der Waals surface area contributed by atoms with Gasteiger partial charge in [-0.25, -0.2) is 0 Å². The van der Waals surface area contributed by atoms with E-state index in [1.165, 1.54) is 13.8 Å². The minimum atomic E-state index is -0.923. The van der Waals surface area contributed by atoms with E-state index in [0.29, 0.717) is 11.3 Å². The fourth-order valence-corrected chi connectivity index (χ4v) is 6.07. The summed E-state index contributed by atoms with van der Waals surface area (Å²) in [6.07, 6.45) is 0.160. The second-order valence-electron chi connectivity index (χ2n) is 11.5. The van der Waals surface area contributed by atoms with Crippen molar-refractivity contribution in [2.24, 2.45) is 0 Å². The molecule has 0 aromatic heterocycles. The first-order valence-corrected chi connectivity index (χ1v) is 14.0. The predicted molar refractivity (Wildman–Crippen MR) is 161 cm³/mol. The van der Waals surface area contributed by atoms with Crippen LogP contribution in [0.2, 0.25) is 0 Å². The molecule has 2 aliphatic carbocycles. The molecule has 0 spiro atoms. The third kappa shape index (κ3) is 4.26. The van der Waals surface area contributed by atoms with Gasteiger partial charge in [-0.2, -0.15) is 0 Å². The lowest BCUT2D eigenvalue weighted by molar-refractivity contribution is 0.0949. The van der Waals surface area contributed by atoms with Crippen LogP contribution in [0.5, 0.6) is 28.7 Å². The smallest absolute Gasteiger partial charge is 0.195 e. The number of carbonyl (C=O) groups is 5. The molecule has 5 rings (SSSR count). The van der Waals surface area contributed by atoms with E-state index in [9.17, 15) is 39.3 Å². The molecular weight excluding hydrogens is 564 g/mol. The maximum atomic E-state index is 14.2. The van der Waals surface area contributed by atoms with Crippen molar-refractivity contribution in [1.82, 2.24) is 0 Å². The summed E-state index contributed by atoms with van der Waals surface area (Å²) in [5.74, 6) is -5.48. The Kier molecular flexibility index (Phi) is 7.37. The Bertz CT molecular complexity index is 1900. The van der Waals surface area contributed by atoms with E-state index in [1.807, 2.05) is 0 Å². The number of hydrogen-bond acceptors (Lipinski definition) is 9. The van der Waals surface area contributed by atoms with Crippen LogP contribution in [0.25, 0.3) is 0 Å². The Hall–Kier alpha value is -5.31. The van der Waals surface area contributed by atoms with Crippen molar-refractivity contribution in [2.45, 2.75) is 53.4 Å². The van der Waals surface area contributed by atoms with Gasteiger partial charge in [0, 0.05) is 55.7 Å². The minimum absolute atomic E-state index is 0.0145. The SMILES string of the molecule is CC1=C(C2=C(C)C(=O)c3c(c(C=O)c(O)c(O)c3C(C)C)C2=O)C(=O)c2cc(O)c(Oc3ccccc3)c(C(C)C)c2C1=O. The van der Waals surface area contributed by atoms with Crippen LogP contribution in [0.1, 0.15) is 116 Å². The highest BCUT2D eigenvalue weighted by Crippen LogP contribution is 2.49. The molecule has 3 aromatic carbocycles. The van der Waals surface area contributed by atoms with Gasteiger partial charge in [0.1, 0.15) is 5.75 Å². The van der Waals surface area contributed by atoms with E-state index < -0.39 is 57.4 Å². The Morgan fingerprint density at radius 1 is 0.682 bits per heavy atom. The Morgan fingerprint density at radius 3 is 1.77 bits per heavy atom. The van der Waals surface area contributed by atoms with E-state index in [0.717, 1.165) is 6.07 Å². The monoisotopic (exact) mass is 594 g/mol. The van der Waals surface area contributed by atoms with Gasteiger partial charge in [0.05, 0.1) is 5.56 Å². The summed E-state index contributed by atoms with van der Waals surface area (Å²) in [7, 11) is 0. The van der Waals surface area contributed by atoms with Crippen molar-refractivity contribution in [3.63, 3.8) is 0 Å². The van der Waals surface area contributed by atoms with E-state index >= 15 is 0 Å². The van der Waals surface area contributed by atoms with Crippen molar-refractivity contribution in [3.05, 3.63) is 97.6 Å². The van der Waals surface area contributed by atoms with Gasteiger partial charge in [-0.3, -0.25) is 24.0 Å². The summed E-state index contributed by atoms with van der Waals surface area (Å²) < 4.78 is 5.98. The van der Waals surface area contributed by atoms with Gasteiger partial charge in [0.15, 0.2) is 52.4 Å². The van der Waals surface area contributed by atoms with Crippen LogP contribution in [-0.2, 0) is 0 Å². The number of phenols is 3. The number of para-hydroxylation sites is 1. The average molecular weight is 595 g/mol. The van der Waals surface area contributed by atoms with Crippen LogP contribution in [0.15, 0.2) is 58.7 Å². The van der Waals surface area contributed by atoms with Crippen LogP contribution in [0.3, 0.4) is 0 Å².